The first kappa shape index (κ1) is 19.8. The average molecular weight is 380 g/mol. The number of benzene rings is 2. The van der Waals surface area contributed by atoms with Crippen molar-refractivity contribution in [3.05, 3.63) is 69.2 Å². The third-order valence-electron chi connectivity index (χ3n) is 4.40. The fraction of sp³-hybridized carbons (Fsp3) is 0.350. The van der Waals surface area contributed by atoms with E-state index in [0.717, 1.165) is 30.8 Å². The summed E-state index contributed by atoms with van der Waals surface area (Å²) in [6, 6.07) is 13.5. The molecule has 0 saturated heterocycles. The molecule has 2 aromatic rings. The van der Waals surface area contributed by atoms with Crippen molar-refractivity contribution in [2.45, 2.75) is 33.4 Å². The van der Waals surface area contributed by atoms with Gasteiger partial charge < -0.3 is 10.2 Å². The van der Waals surface area contributed by atoms with Gasteiger partial charge in [-0.05, 0) is 37.1 Å². The Balaban J connectivity index is 1.97. The molecule has 0 unspecified atom stereocenters. The van der Waals surface area contributed by atoms with E-state index in [1.54, 1.807) is 18.2 Å². The quantitative estimate of drug-likeness (QED) is 0.724. The molecule has 0 bridgehead atoms. The Morgan fingerprint density at radius 1 is 1.00 bits per heavy atom. The molecule has 0 fully saturated rings. The molecule has 25 heavy (non-hydrogen) atoms. The summed E-state index contributed by atoms with van der Waals surface area (Å²) in [5.41, 5.74) is 3.23. The highest BCUT2D eigenvalue weighted by molar-refractivity contribution is 6.35. The Labute approximate surface area is 159 Å². The van der Waals surface area contributed by atoms with Crippen LogP contribution < -0.4 is 10.2 Å². The van der Waals surface area contributed by atoms with E-state index < -0.39 is 0 Å². The highest BCUT2D eigenvalue weighted by Crippen LogP contribution is 2.21. The van der Waals surface area contributed by atoms with Crippen LogP contribution in [-0.2, 0) is 24.3 Å². The van der Waals surface area contributed by atoms with Gasteiger partial charge in [-0.25, -0.2) is 0 Å². The van der Waals surface area contributed by atoms with E-state index in [0.29, 0.717) is 16.6 Å². The molecular weight excluding hydrogens is 355 g/mol. The maximum absolute atomic E-state index is 12.3. The normalized spacial score (nSPS) is 10.9. The van der Waals surface area contributed by atoms with E-state index >= 15 is 0 Å². The van der Waals surface area contributed by atoms with Crippen LogP contribution in [0.25, 0.3) is 0 Å². The van der Waals surface area contributed by atoms with Gasteiger partial charge in [0.1, 0.15) is 6.54 Å². The molecule has 0 atom stereocenters. The molecule has 2 rings (SSSR count). The van der Waals surface area contributed by atoms with Gasteiger partial charge in [0.25, 0.3) is 0 Å². The molecule has 1 amide bonds. The molecule has 0 aliphatic heterocycles. The topological polar surface area (TPSA) is 33.5 Å². The van der Waals surface area contributed by atoms with Crippen LogP contribution in [0.4, 0.5) is 0 Å². The van der Waals surface area contributed by atoms with Gasteiger partial charge in [-0.1, -0.05) is 53.5 Å². The third kappa shape index (κ3) is 6.03. The zero-order chi connectivity index (χ0) is 18.2. The second-order valence-corrected chi connectivity index (χ2v) is 6.94. The van der Waals surface area contributed by atoms with Crippen molar-refractivity contribution in [3.8, 4) is 0 Å². The summed E-state index contributed by atoms with van der Waals surface area (Å²) in [5, 5.41) is 4.09. The lowest BCUT2D eigenvalue weighted by Gasteiger charge is -2.18. The van der Waals surface area contributed by atoms with Crippen LogP contribution in [0, 0.1) is 0 Å². The van der Waals surface area contributed by atoms with Crippen molar-refractivity contribution in [1.82, 2.24) is 5.32 Å². The van der Waals surface area contributed by atoms with E-state index in [-0.39, 0.29) is 12.3 Å². The first-order chi connectivity index (χ1) is 12.0. The van der Waals surface area contributed by atoms with Gasteiger partial charge in [-0.2, -0.15) is 0 Å². The highest BCUT2D eigenvalue weighted by atomic mass is 35.5. The predicted octanol–water partition coefficient (Wildman–Crippen LogP) is 3.28. The number of quaternary nitrogens is 1. The van der Waals surface area contributed by atoms with Crippen LogP contribution in [0.15, 0.2) is 42.5 Å². The zero-order valence-corrected chi connectivity index (χ0v) is 16.3. The predicted molar refractivity (Wildman–Crippen MR) is 104 cm³/mol. The highest BCUT2D eigenvalue weighted by Gasteiger charge is 2.11. The molecule has 3 nitrogen and oxygen atoms in total. The van der Waals surface area contributed by atoms with Crippen LogP contribution in [0.5, 0.6) is 0 Å². The molecule has 0 heterocycles. The number of hydrogen-bond acceptors (Lipinski definition) is 1. The number of carbonyl (C=O) groups excluding carboxylic acids is 1. The Morgan fingerprint density at radius 2 is 1.68 bits per heavy atom. The zero-order valence-electron chi connectivity index (χ0n) is 14.7. The second kappa shape index (κ2) is 9.81. The number of hydrogen-bond donors (Lipinski definition) is 2. The fourth-order valence-corrected chi connectivity index (χ4v) is 3.24. The second-order valence-electron chi connectivity index (χ2n) is 6.09. The number of nitrogens with one attached hydrogen (secondary N) is 2. The maximum atomic E-state index is 12.3. The lowest BCUT2D eigenvalue weighted by molar-refractivity contribution is -0.910. The van der Waals surface area contributed by atoms with Crippen molar-refractivity contribution in [2.75, 3.05) is 13.1 Å². The first-order valence-corrected chi connectivity index (χ1v) is 9.40. The Morgan fingerprint density at radius 3 is 2.32 bits per heavy atom. The van der Waals surface area contributed by atoms with Crippen molar-refractivity contribution in [1.29, 1.82) is 0 Å². The number of amides is 1. The van der Waals surface area contributed by atoms with E-state index in [2.05, 4.69) is 37.4 Å². The molecule has 5 heteroatoms. The minimum Gasteiger partial charge on any atom is -0.352 e. The van der Waals surface area contributed by atoms with Crippen molar-refractivity contribution in [2.24, 2.45) is 0 Å². The molecule has 134 valence electrons. The molecule has 0 aliphatic rings. The summed E-state index contributed by atoms with van der Waals surface area (Å²) >= 11 is 12.0. The Bertz CT molecular complexity index is 715. The van der Waals surface area contributed by atoms with Crippen molar-refractivity contribution >= 4 is 29.1 Å². The van der Waals surface area contributed by atoms with Crippen LogP contribution in [-0.4, -0.2) is 19.0 Å². The van der Waals surface area contributed by atoms with E-state index in [9.17, 15) is 4.79 Å². The molecule has 0 aliphatic carbocycles. The van der Waals surface area contributed by atoms with Crippen LogP contribution in [0.1, 0.15) is 30.5 Å². The average Bonchev–Trinajstić information content (AvgIpc) is 2.61. The molecule has 0 aromatic heterocycles. The standard InChI is InChI=1S/C20H24Cl2N2O/c1-3-24(4-2)14-17-8-6-5-7-16(17)13-23-20(25)11-15-9-10-18(21)12-19(15)22/h5-10,12H,3-4,11,13-14H2,1-2H3,(H,23,25)/p+1. The minimum atomic E-state index is -0.0470. The Hall–Kier alpha value is -1.55. The summed E-state index contributed by atoms with van der Waals surface area (Å²) in [6.45, 7) is 8.07. The van der Waals surface area contributed by atoms with Gasteiger partial charge in [0.15, 0.2) is 0 Å². The van der Waals surface area contributed by atoms with Crippen molar-refractivity contribution < 1.29 is 9.69 Å². The minimum absolute atomic E-state index is 0.0470. The lowest BCUT2D eigenvalue weighted by atomic mass is 10.1. The third-order valence-corrected chi connectivity index (χ3v) is 4.99. The van der Waals surface area contributed by atoms with Gasteiger partial charge in [0.05, 0.1) is 19.5 Å². The molecule has 2 N–H and O–H groups in total. The Kier molecular flexibility index (Phi) is 7.76. The van der Waals surface area contributed by atoms with E-state index in [1.165, 1.54) is 10.5 Å². The molecule has 0 saturated carbocycles. The number of rotatable bonds is 8. The summed E-state index contributed by atoms with van der Waals surface area (Å²) < 4.78 is 0. The van der Waals surface area contributed by atoms with E-state index in [1.807, 2.05) is 6.07 Å². The van der Waals surface area contributed by atoms with Gasteiger partial charge in [0.2, 0.25) is 5.91 Å². The molecule has 0 spiro atoms. The van der Waals surface area contributed by atoms with Gasteiger partial charge in [-0.15, -0.1) is 0 Å². The molecule has 0 radical (unpaired) electrons. The largest absolute Gasteiger partial charge is 0.352 e. The number of halogens is 2. The fourth-order valence-electron chi connectivity index (χ4n) is 2.77. The summed E-state index contributed by atoms with van der Waals surface area (Å²) in [5.74, 6) is -0.0470. The summed E-state index contributed by atoms with van der Waals surface area (Å²) in [7, 11) is 0. The van der Waals surface area contributed by atoms with Gasteiger partial charge >= 0.3 is 0 Å². The molecule has 2 aromatic carbocycles. The van der Waals surface area contributed by atoms with Crippen molar-refractivity contribution in [3.63, 3.8) is 0 Å². The molecular formula is C20H25Cl2N2O+. The smallest absolute Gasteiger partial charge is 0.224 e. The van der Waals surface area contributed by atoms with E-state index in [4.69, 9.17) is 23.2 Å². The van der Waals surface area contributed by atoms with Crippen LogP contribution in [0.3, 0.4) is 0 Å². The lowest BCUT2D eigenvalue weighted by Crippen LogP contribution is -3.10. The number of carbonyl (C=O) groups is 1. The van der Waals surface area contributed by atoms with Crippen LogP contribution in [0.2, 0.25) is 10.0 Å². The summed E-state index contributed by atoms with van der Waals surface area (Å²) in [4.78, 5) is 13.8. The van der Waals surface area contributed by atoms with Crippen LogP contribution >= 0.6 is 23.2 Å². The maximum Gasteiger partial charge on any atom is 0.224 e. The monoisotopic (exact) mass is 379 g/mol. The SMILES string of the molecule is CC[NH+](CC)Cc1ccccc1CNC(=O)Cc1ccc(Cl)cc1Cl. The van der Waals surface area contributed by atoms with Gasteiger partial charge in [-0.3, -0.25) is 4.79 Å². The van der Waals surface area contributed by atoms with Gasteiger partial charge in [0, 0.05) is 22.2 Å². The first-order valence-electron chi connectivity index (χ1n) is 8.64. The summed E-state index contributed by atoms with van der Waals surface area (Å²) in [6.07, 6.45) is 0.249.